The summed E-state index contributed by atoms with van der Waals surface area (Å²) in [5, 5.41) is 6.78. The van der Waals surface area contributed by atoms with E-state index in [0.717, 1.165) is 12.8 Å². The maximum Gasteiger partial charge on any atom is 0.416 e. The first-order chi connectivity index (χ1) is 14.1. The fourth-order valence-corrected chi connectivity index (χ4v) is 3.35. The summed E-state index contributed by atoms with van der Waals surface area (Å²) in [6.07, 6.45) is 4.68. The van der Waals surface area contributed by atoms with Crippen molar-refractivity contribution in [1.29, 1.82) is 0 Å². The number of amides is 3. The Kier molecular flexibility index (Phi) is 5.01. The van der Waals surface area contributed by atoms with E-state index in [2.05, 4.69) is 15.4 Å². The van der Waals surface area contributed by atoms with Crippen LogP contribution in [0.15, 0.2) is 17.8 Å². The summed E-state index contributed by atoms with van der Waals surface area (Å²) in [5.41, 5.74) is 0.563. The van der Waals surface area contributed by atoms with Crippen molar-refractivity contribution in [2.75, 3.05) is 11.4 Å². The van der Waals surface area contributed by atoms with E-state index in [1.54, 1.807) is 12.1 Å². The highest BCUT2D eigenvalue weighted by Gasteiger charge is 2.32. The number of anilines is 1. The van der Waals surface area contributed by atoms with E-state index in [9.17, 15) is 14.4 Å². The van der Waals surface area contributed by atoms with Crippen LogP contribution in [0.2, 0.25) is 5.15 Å². The Hall–Kier alpha value is -2.94. The molecule has 2 aromatic rings. The van der Waals surface area contributed by atoms with Gasteiger partial charge in [0.05, 0.1) is 12.6 Å². The summed E-state index contributed by atoms with van der Waals surface area (Å²) in [4.78, 5) is 42.1. The van der Waals surface area contributed by atoms with E-state index in [1.807, 2.05) is 20.8 Å². The lowest BCUT2D eigenvalue weighted by molar-refractivity contribution is -0.124. The number of aromatic nitrogens is 3. The zero-order valence-corrected chi connectivity index (χ0v) is 17.7. The third kappa shape index (κ3) is 4.30. The zero-order valence-electron chi connectivity index (χ0n) is 16.9. The molecule has 3 amide bonds. The Morgan fingerprint density at radius 1 is 1.40 bits per heavy atom. The van der Waals surface area contributed by atoms with Gasteiger partial charge in [0, 0.05) is 23.7 Å². The van der Waals surface area contributed by atoms with Gasteiger partial charge in [0.15, 0.2) is 5.65 Å². The summed E-state index contributed by atoms with van der Waals surface area (Å²) < 4.78 is 7.09. The Morgan fingerprint density at radius 2 is 2.13 bits per heavy atom. The van der Waals surface area contributed by atoms with Crippen LogP contribution < -0.4 is 10.2 Å². The molecule has 30 heavy (non-hydrogen) atoms. The molecule has 158 valence electrons. The summed E-state index contributed by atoms with van der Waals surface area (Å²) in [5.74, 6) is 0.0354. The largest absolute Gasteiger partial charge is 0.443 e. The first-order valence-electron chi connectivity index (χ1n) is 9.70. The van der Waals surface area contributed by atoms with Gasteiger partial charge in [0.2, 0.25) is 5.91 Å². The maximum absolute atomic E-state index is 12.9. The summed E-state index contributed by atoms with van der Waals surface area (Å²) >= 11 is 6.27. The third-order valence-corrected chi connectivity index (χ3v) is 4.90. The molecule has 2 fully saturated rings. The molecule has 3 heterocycles. The lowest BCUT2D eigenvalue weighted by atomic mass is 10.1. The Bertz CT molecular complexity index is 1080. The van der Waals surface area contributed by atoms with E-state index >= 15 is 0 Å². The molecule has 1 aliphatic heterocycles. The van der Waals surface area contributed by atoms with Gasteiger partial charge in [-0.3, -0.25) is 19.8 Å². The van der Waals surface area contributed by atoms with Gasteiger partial charge in [-0.15, -0.1) is 0 Å². The summed E-state index contributed by atoms with van der Waals surface area (Å²) in [6.45, 7) is 5.90. The van der Waals surface area contributed by atoms with Crippen molar-refractivity contribution in [2.24, 2.45) is 5.92 Å². The van der Waals surface area contributed by atoms with Gasteiger partial charge in [-0.2, -0.15) is 9.61 Å². The number of hydrogen-bond donors (Lipinski definition) is 1. The van der Waals surface area contributed by atoms with Crippen molar-refractivity contribution in [3.8, 4) is 0 Å². The monoisotopic (exact) mass is 431 g/mol. The van der Waals surface area contributed by atoms with Gasteiger partial charge in [-0.05, 0) is 45.6 Å². The van der Waals surface area contributed by atoms with Crippen LogP contribution in [-0.2, 0) is 14.3 Å². The van der Waals surface area contributed by atoms with Crippen molar-refractivity contribution in [2.45, 2.75) is 45.6 Å². The van der Waals surface area contributed by atoms with Gasteiger partial charge in [-0.25, -0.2) is 9.78 Å². The van der Waals surface area contributed by atoms with Gasteiger partial charge in [0.25, 0.3) is 5.91 Å². The molecule has 10 heteroatoms. The normalized spacial score (nSPS) is 18.2. The fraction of sp³-hybridized carbons (Fsp3) is 0.450. The lowest BCUT2D eigenvalue weighted by Gasteiger charge is -2.27. The van der Waals surface area contributed by atoms with Crippen molar-refractivity contribution in [3.05, 3.63) is 28.6 Å². The second-order valence-electron chi connectivity index (χ2n) is 8.53. The van der Waals surface area contributed by atoms with E-state index < -0.39 is 17.6 Å². The quantitative estimate of drug-likeness (QED) is 0.453. The standard InChI is InChI=1S/C20H22ClN5O4/c1-20(2,3)30-19(29)25(10-11-4-5-11)16-8-14(21)23-17-13(9-22-26(16)17)6-12-7-15(27)24-18(12)28/h6,8-9,11H,4-5,7,10H2,1-3H3,(H,24,27,28)/b12-6-. The number of rotatable bonds is 4. The van der Waals surface area contributed by atoms with Crippen molar-refractivity contribution in [1.82, 2.24) is 19.9 Å². The van der Waals surface area contributed by atoms with Crippen molar-refractivity contribution >= 4 is 47.0 Å². The van der Waals surface area contributed by atoms with Crippen molar-refractivity contribution < 1.29 is 19.1 Å². The van der Waals surface area contributed by atoms with E-state index in [0.29, 0.717) is 35.1 Å². The van der Waals surface area contributed by atoms with Gasteiger partial charge < -0.3 is 4.74 Å². The molecule has 0 bridgehead atoms. The Balaban J connectivity index is 1.77. The average molecular weight is 432 g/mol. The zero-order chi connectivity index (χ0) is 21.6. The molecule has 1 N–H and O–H groups in total. The second-order valence-corrected chi connectivity index (χ2v) is 8.92. The van der Waals surface area contributed by atoms with Crippen LogP contribution in [0.3, 0.4) is 0 Å². The molecule has 9 nitrogen and oxygen atoms in total. The number of fused-ring (bicyclic) bond motifs is 1. The van der Waals surface area contributed by atoms with Crippen LogP contribution in [0.1, 0.15) is 45.6 Å². The van der Waals surface area contributed by atoms with E-state index in [4.69, 9.17) is 16.3 Å². The molecule has 0 unspecified atom stereocenters. The highest BCUT2D eigenvalue weighted by Crippen LogP contribution is 2.33. The molecular weight excluding hydrogens is 410 g/mol. The first-order valence-corrected chi connectivity index (χ1v) is 10.1. The summed E-state index contributed by atoms with van der Waals surface area (Å²) in [7, 11) is 0. The van der Waals surface area contributed by atoms with E-state index in [1.165, 1.54) is 15.6 Å². The van der Waals surface area contributed by atoms with Crippen LogP contribution in [0.25, 0.3) is 11.7 Å². The number of carbonyl (C=O) groups is 3. The number of halogens is 1. The van der Waals surface area contributed by atoms with Crippen LogP contribution in [-0.4, -0.2) is 44.7 Å². The molecule has 2 aromatic heterocycles. The number of nitrogens with zero attached hydrogens (tertiary/aromatic N) is 4. The topological polar surface area (TPSA) is 106 Å². The van der Waals surface area contributed by atoms with E-state index in [-0.39, 0.29) is 17.5 Å². The molecular formula is C20H22ClN5O4. The SMILES string of the molecule is CC(C)(C)OC(=O)N(CC1CC1)c1cc(Cl)nc2c(/C=C3/CC(=O)NC3=O)cnn12. The molecule has 4 rings (SSSR count). The number of nitrogens with one attached hydrogen (secondary N) is 1. The smallest absolute Gasteiger partial charge is 0.416 e. The second kappa shape index (κ2) is 7.39. The molecule has 0 spiro atoms. The predicted octanol–water partition coefficient (Wildman–Crippen LogP) is 2.96. The molecule has 0 aromatic carbocycles. The number of ether oxygens (including phenoxy) is 1. The molecule has 2 aliphatic rings. The highest BCUT2D eigenvalue weighted by atomic mass is 35.5. The minimum absolute atomic E-state index is 0.00465. The molecule has 1 saturated heterocycles. The lowest BCUT2D eigenvalue weighted by Crippen LogP contribution is -2.39. The molecule has 1 aliphatic carbocycles. The minimum Gasteiger partial charge on any atom is -0.443 e. The van der Waals surface area contributed by atoms with Gasteiger partial charge in [0.1, 0.15) is 16.6 Å². The number of imide groups is 1. The van der Waals surface area contributed by atoms with Crippen LogP contribution in [0.5, 0.6) is 0 Å². The number of carbonyl (C=O) groups excluding carboxylic acids is 3. The van der Waals surface area contributed by atoms with Gasteiger partial charge in [-0.1, -0.05) is 11.6 Å². The number of hydrogen-bond acceptors (Lipinski definition) is 6. The van der Waals surface area contributed by atoms with Crippen LogP contribution in [0, 0.1) is 5.92 Å². The summed E-state index contributed by atoms with van der Waals surface area (Å²) in [6, 6.07) is 1.57. The minimum atomic E-state index is -0.656. The average Bonchev–Trinajstić information content (AvgIpc) is 3.28. The Labute approximate surface area is 178 Å². The predicted molar refractivity (Wildman–Crippen MR) is 110 cm³/mol. The fourth-order valence-electron chi connectivity index (χ4n) is 3.18. The van der Waals surface area contributed by atoms with Crippen LogP contribution in [0.4, 0.5) is 10.6 Å². The first kappa shape index (κ1) is 20.3. The third-order valence-electron chi connectivity index (χ3n) is 4.70. The van der Waals surface area contributed by atoms with Gasteiger partial charge >= 0.3 is 6.09 Å². The van der Waals surface area contributed by atoms with Crippen LogP contribution >= 0.6 is 11.6 Å². The molecule has 0 atom stereocenters. The highest BCUT2D eigenvalue weighted by molar-refractivity contribution is 6.29. The molecule has 1 saturated carbocycles. The Morgan fingerprint density at radius 3 is 2.73 bits per heavy atom. The van der Waals surface area contributed by atoms with Crippen molar-refractivity contribution in [3.63, 3.8) is 0 Å². The maximum atomic E-state index is 12.9. The molecule has 0 radical (unpaired) electrons.